The normalized spacial score (nSPS) is 10.6. The zero-order valence-electron chi connectivity index (χ0n) is 10.1. The Bertz CT molecular complexity index is 675. The van der Waals surface area contributed by atoms with Crippen LogP contribution in [0.3, 0.4) is 0 Å². The van der Waals surface area contributed by atoms with Crippen molar-refractivity contribution in [1.29, 1.82) is 0 Å². The first kappa shape index (κ1) is 13.8. The SMILES string of the molecule is NC(=O)CN(CC(N)=O)c1nc2sccn2c1C(=O)O. The smallest absolute Gasteiger partial charge is 0.356 e. The number of primary amides is 2. The van der Waals surface area contributed by atoms with E-state index in [0.717, 1.165) is 4.90 Å². The third kappa shape index (κ3) is 2.54. The molecule has 0 aliphatic heterocycles. The summed E-state index contributed by atoms with van der Waals surface area (Å²) in [6, 6.07) is 0. The number of rotatable bonds is 6. The second-order valence-electron chi connectivity index (χ2n) is 3.93. The van der Waals surface area contributed by atoms with E-state index in [4.69, 9.17) is 11.5 Å². The van der Waals surface area contributed by atoms with Crippen LogP contribution in [-0.2, 0) is 9.59 Å². The topological polar surface area (TPSA) is 144 Å². The summed E-state index contributed by atoms with van der Waals surface area (Å²) < 4.78 is 1.36. The molecule has 0 bridgehead atoms. The minimum atomic E-state index is -1.23. The van der Waals surface area contributed by atoms with Gasteiger partial charge < -0.3 is 21.5 Å². The molecule has 2 amide bonds. The van der Waals surface area contributed by atoms with Gasteiger partial charge in [-0.2, -0.15) is 0 Å². The number of carbonyl (C=O) groups excluding carboxylic acids is 2. The van der Waals surface area contributed by atoms with Crippen LogP contribution in [0.15, 0.2) is 11.6 Å². The van der Waals surface area contributed by atoms with E-state index in [9.17, 15) is 19.5 Å². The molecular weight excluding hydrogens is 286 g/mol. The number of hydrogen-bond donors (Lipinski definition) is 3. The van der Waals surface area contributed by atoms with E-state index in [1.165, 1.54) is 21.9 Å². The number of aromatic nitrogens is 2. The lowest BCUT2D eigenvalue weighted by molar-refractivity contribution is -0.117. The largest absolute Gasteiger partial charge is 0.476 e. The molecule has 20 heavy (non-hydrogen) atoms. The molecule has 0 unspecified atom stereocenters. The van der Waals surface area contributed by atoms with Gasteiger partial charge in [-0.1, -0.05) is 0 Å². The van der Waals surface area contributed by atoms with Crippen LogP contribution in [0.1, 0.15) is 10.5 Å². The molecular formula is C10H11N5O4S. The predicted molar refractivity (Wildman–Crippen MR) is 70.6 cm³/mol. The highest BCUT2D eigenvalue weighted by atomic mass is 32.1. The Hall–Kier alpha value is -2.62. The van der Waals surface area contributed by atoms with E-state index in [1.54, 1.807) is 5.38 Å². The summed E-state index contributed by atoms with van der Waals surface area (Å²) in [6.45, 7) is -0.706. The number of imidazole rings is 1. The van der Waals surface area contributed by atoms with Gasteiger partial charge in [0, 0.05) is 11.6 Å². The number of carboxylic acids is 1. The van der Waals surface area contributed by atoms with Crippen LogP contribution in [0, 0.1) is 0 Å². The van der Waals surface area contributed by atoms with Gasteiger partial charge in [-0.25, -0.2) is 9.78 Å². The third-order valence-corrected chi connectivity index (χ3v) is 3.20. The maximum atomic E-state index is 11.4. The van der Waals surface area contributed by atoms with Crippen LogP contribution in [0.25, 0.3) is 4.96 Å². The Balaban J connectivity index is 2.53. The first-order valence-electron chi connectivity index (χ1n) is 5.40. The molecule has 0 spiro atoms. The number of carbonyl (C=O) groups is 3. The van der Waals surface area contributed by atoms with Crippen molar-refractivity contribution in [2.45, 2.75) is 0 Å². The average molecular weight is 297 g/mol. The minimum Gasteiger partial charge on any atom is -0.476 e. The van der Waals surface area contributed by atoms with Gasteiger partial charge >= 0.3 is 5.97 Å². The molecule has 2 heterocycles. The van der Waals surface area contributed by atoms with E-state index in [0.29, 0.717) is 4.96 Å². The number of carboxylic acid groups (broad SMARTS) is 1. The number of nitrogens with zero attached hydrogens (tertiary/aromatic N) is 3. The maximum absolute atomic E-state index is 11.4. The molecule has 0 saturated carbocycles. The Kier molecular flexibility index (Phi) is 3.57. The monoisotopic (exact) mass is 297 g/mol. The number of nitrogens with two attached hydrogens (primary N) is 2. The summed E-state index contributed by atoms with van der Waals surface area (Å²) in [4.78, 5) is 39.1. The van der Waals surface area contributed by atoms with Crippen molar-refractivity contribution in [3.05, 3.63) is 17.3 Å². The van der Waals surface area contributed by atoms with E-state index in [1.807, 2.05) is 0 Å². The summed E-state index contributed by atoms with van der Waals surface area (Å²) >= 11 is 1.22. The first-order chi connectivity index (χ1) is 9.40. The fourth-order valence-corrected chi connectivity index (χ4v) is 2.48. The van der Waals surface area contributed by atoms with Crippen molar-refractivity contribution >= 4 is 39.9 Å². The Morgan fingerprint density at radius 2 is 1.90 bits per heavy atom. The molecule has 0 saturated heterocycles. The quantitative estimate of drug-likeness (QED) is 0.615. The predicted octanol–water partition coefficient (Wildman–Crippen LogP) is -1.13. The van der Waals surface area contributed by atoms with Gasteiger partial charge in [0.05, 0.1) is 13.1 Å². The number of aromatic carboxylic acids is 1. The summed E-state index contributed by atoms with van der Waals surface area (Å²) in [5.41, 5.74) is 10.0. The lowest BCUT2D eigenvalue weighted by atomic mass is 10.3. The molecule has 0 aliphatic rings. The minimum absolute atomic E-state index is 0.0121. The average Bonchev–Trinajstić information content (AvgIpc) is 2.84. The van der Waals surface area contributed by atoms with Crippen LogP contribution in [0.4, 0.5) is 5.82 Å². The summed E-state index contributed by atoms with van der Waals surface area (Å²) in [7, 11) is 0. The molecule has 2 aromatic rings. The number of thiazole rings is 1. The fourth-order valence-electron chi connectivity index (χ4n) is 1.78. The molecule has 9 nitrogen and oxygen atoms in total. The Morgan fingerprint density at radius 1 is 1.30 bits per heavy atom. The Morgan fingerprint density at radius 3 is 2.40 bits per heavy atom. The molecule has 0 atom stereocenters. The van der Waals surface area contributed by atoms with Crippen molar-refractivity contribution in [3.8, 4) is 0 Å². The maximum Gasteiger partial charge on any atom is 0.356 e. The van der Waals surface area contributed by atoms with E-state index < -0.39 is 17.8 Å². The number of hydrogen-bond acceptors (Lipinski definition) is 6. The van der Waals surface area contributed by atoms with E-state index in [2.05, 4.69) is 4.98 Å². The number of anilines is 1. The summed E-state index contributed by atoms with van der Waals surface area (Å²) in [6.07, 6.45) is 1.53. The zero-order valence-corrected chi connectivity index (χ0v) is 11.0. The van der Waals surface area contributed by atoms with Gasteiger partial charge in [-0.3, -0.25) is 14.0 Å². The molecule has 2 rings (SSSR count). The molecule has 0 aliphatic carbocycles. The molecule has 2 aromatic heterocycles. The van der Waals surface area contributed by atoms with Crippen LogP contribution < -0.4 is 16.4 Å². The number of fused-ring (bicyclic) bond motifs is 1. The van der Waals surface area contributed by atoms with Crippen LogP contribution >= 0.6 is 11.3 Å². The first-order valence-corrected chi connectivity index (χ1v) is 6.28. The second-order valence-corrected chi connectivity index (χ2v) is 4.81. The second kappa shape index (κ2) is 5.17. The highest BCUT2D eigenvalue weighted by Gasteiger charge is 2.25. The Labute approximate surface area is 116 Å². The molecule has 10 heteroatoms. The van der Waals surface area contributed by atoms with E-state index >= 15 is 0 Å². The van der Waals surface area contributed by atoms with Crippen molar-refractivity contribution in [2.24, 2.45) is 11.5 Å². The van der Waals surface area contributed by atoms with Crippen molar-refractivity contribution in [3.63, 3.8) is 0 Å². The lowest BCUT2D eigenvalue weighted by Crippen LogP contribution is -2.40. The van der Waals surface area contributed by atoms with Gasteiger partial charge in [0.25, 0.3) is 0 Å². The molecule has 106 valence electrons. The lowest BCUT2D eigenvalue weighted by Gasteiger charge is -2.19. The van der Waals surface area contributed by atoms with Crippen molar-refractivity contribution in [1.82, 2.24) is 9.38 Å². The van der Waals surface area contributed by atoms with Crippen molar-refractivity contribution < 1.29 is 19.5 Å². The van der Waals surface area contributed by atoms with Crippen LogP contribution in [0.2, 0.25) is 0 Å². The van der Waals surface area contributed by atoms with Gasteiger partial charge in [-0.15, -0.1) is 11.3 Å². The summed E-state index contributed by atoms with van der Waals surface area (Å²) in [5.74, 6) is -2.69. The van der Waals surface area contributed by atoms with Crippen molar-refractivity contribution in [2.75, 3.05) is 18.0 Å². The fraction of sp³-hybridized carbons (Fsp3) is 0.200. The molecule has 0 aromatic carbocycles. The molecule has 0 fully saturated rings. The number of amides is 2. The van der Waals surface area contributed by atoms with Gasteiger partial charge in [-0.05, 0) is 0 Å². The summed E-state index contributed by atoms with van der Waals surface area (Å²) in [5, 5.41) is 10.9. The van der Waals surface area contributed by atoms with E-state index in [-0.39, 0.29) is 24.6 Å². The zero-order chi connectivity index (χ0) is 14.9. The standard InChI is InChI=1S/C10H11N5O4S/c11-5(16)3-14(4-6(12)17)8-7(9(18)19)15-1-2-20-10(15)13-8/h1-2H,3-4H2,(H2,11,16)(H2,12,17)(H,18,19). The third-order valence-electron chi connectivity index (χ3n) is 2.44. The van der Waals surface area contributed by atoms with Gasteiger partial charge in [0.1, 0.15) is 0 Å². The molecule has 5 N–H and O–H groups in total. The highest BCUT2D eigenvalue weighted by molar-refractivity contribution is 7.15. The van der Waals surface area contributed by atoms with Crippen LogP contribution in [0.5, 0.6) is 0 Å². The van der Waals surface area contributed by atoms with Gasteiger partial charge in [0.15, 0.2) is 16.5 Å². The van der Waals surface area contributed by atoms with Crippen LogP contribution in [-0.4, -0.2) is 45.4 Å². The highest BCUT2D eigenvalue weighted by Crippen LogP contribution is 2.24. The molecule has 0 radical (unpaired) electrons. The van der Waals surface area contributed by atoms with Gasteiger partial charge in [0.2, 0.25) is 11.8 Å².